The molecule has 3 nitrogen and oxygen atoms in total. The predicted octanol–water partition coefficient (Wildman–Crippen LogP) is 3.34. The first-order valence-electron chi connectivity index (χ1n) is 8.60. The van der Waals surface area contributed by atoms with Crippen LogP contribution in [0.4, 0.5) is 5.69 Å². The average molecular weight is 288 g/mol. The van der Waals surface area contributed by atoms with Crippen molar-refractivity contribution in [1.29, 1.82) is 0 Å². The van der Waals surface area contributed by atoms with E-state index >= 15 is 0 Å². The molecule has 0 aliphatic carbocycles. The van der Waals surface area contributed by atoms with E-state index in [1.54, 1.807) is 0 Å². The van der Waals surface area contributed by atoms with Gasteiger partial charge in [0.15, 0.2) is 0 Å². The standard InChI is InChI=1S/C18H28N2O/c21-18(9-13-20-11-3-1-2-4-12-20)16-7-8-17-15(14-16)6-5-10-19-17/h7-8,14,18-19,21H,1-6,9-13H2. The quantitative estimate of drug-likeness (QED) is 0.892. The van der Waals surface area contributed by atoms with Gasteiger partial charge in [-0.15, -0.1) is 0 Å². The number of nitrogens with zero attached hydrogens (tertiary/aromatic N) is 1. The number of benzene rings is 1. The number of hydrogen-bond acceptors (Lipinski definition) is 3. The number of aryl methyl sites for hydroxylation is 1. The van der Waals surface area contributed by atoms with Gasteiger partial charge in [0.05, 0.1) is 6.10 Å². The highest BCUT2D eigenvalue weighted by molar-refractivity contribution is 5.54. The number of aliphatic hydroxyl groups is 1. The van der Waals surface area contributed by atoms with E-state index in [2.05, 4.69) is 28.4 Å². The van der Waals surface area contributed by atoms with Gasteiger partial charge in [-0.3, -0.25) is 0 Å². The van der Waals surface area contributed by atoms with E-state index in [0.29, 0.717) is 0 Å². The largest absolute Gasteiger partial charge is 0.388 e. The fourth-order valence-corrected chi connectivity index (χ4v) is 3.53. The fraction of sp³-hybridized carbons (Fsp3) is 0.667. The number of hydrogen-bond donors (Lipinski definition) is 2. The van der Waals surface area contributed by atoms with Crippen molar-refractivity contribution in [2.24, 2.45) is 0 Å². The van der Waals surface area contributed by atoms with Crippen molar-refractivity contribution in [3.8, 4) is 0 Å². The van der Waals surface area contributed by atoms with Gasteiger partial charge >= 0.3 is 0 Å². The highest BCUT2D eigenvalue weighted by Gasteiger charge is 2.15. The van der Waals surface area contributed by atoms with Crippen LogP contribution >= 0.6 is 0 Å². The molecule has 3 rings (SSSR count). The summed E-state index contributed by atoms with van der Waals surface area (Å²) in [4.78, 5) is 2.52. The van der Waals surface area contributed by atoms with E-state index in [4.69, 9.17) is 0 Å². The molecule has 0 saturated carbocycles. The molecule has 1 atom stereocenters. The maximum Gasteiger partial charge on any atom is 0.0802 e. The molecule has 2 heterocycles. The first kappa shape index (κ1) is 14.9. The van der Waals surface area contributed by atoms with Crippen LogP contribution in [0.2, 0.25) is 0 Å². The van der Waals surface area contributed by atoms with Gasteiger partial charge in [-0.1, -0.05) is 25.0 Å². The van der Waals surface area contributed by atoms with Crippen molar-refractivity contribution < 1.29 is 5.11 Å². The zero-order chi connectivity index (χ0) is 14.5. The van der Waals surface area contributed by atoms with Crippen LogP contribution < -0.4 is 5.32 Å². The molecule has 2 aliphatic heterocycles. The number of rotatable bonds is 4. The van der Waals surface area contributed by atoms with Gasteiger partial charge in [-0.25, -0.2) is 0 Å². The van der Waals surface area contributed by atoms with Gasteiger partial charge in [0.2, 0.25) is 0 Å². The first-order chi connectivity index (χ1) is 10.3. The van der Waals surface area contributed by atoms with Crippen molar-refractivity contribution in [2.75, 3.05) is 31.5 Å². The number of anilines is 1. The third kappa shape index (κ3) is 3.98. The lowest BCUT2D eigenvalue weighted by atomic mass is 9.97. The second kappa shape index (κ2) is 7.28. The van der Waals surface area contributed by atoms with Gasteiger partial charge in [-0.2, -0.15) is 0 Å². The minimum atomic E-state index is -0.319. The van der Waals surface area contributed by atoms with E-state index in [-0.39, 0.29) is 6.10 Å². The van der Waals surface area contributed by atoms with Gasteiger partial charge in [0.25, 0.3) is 0 Å². The molecule has 2 aliphatic rings. The van der Waals surface area contributed by atoms with Crippen LogP contribution in [0.1, 0.15) is 55.8 Å². The fourth-order valence-electron chi connectivity index (χ4n) is 3.53. The van der Waals surface area contributed by atoms with E-state index in [9.17, 15) is 5.11 Å². The van der Waals surface area contributed by atoms with Crippen molar-refractivity contribution in [3.05, 3.63) is 29.3 Å². The molecular weight excluding hydrogens is 260 g/mol. The van der Waals surface area contributed by atoms with Crippen LogP contribution in [0.5, 0.6) is 0 Å². The van der Waals surface area contributed by atoms with Crippen molar-refractivity contribution in [1.82, 2.24) is 4.90 Å². The third-order valence-electron chi connectivity index (χ3n) is 4.87. The Hall–Kier alpha value is -1.06. The molecule has 1 aromatic rings. The highest BCUT2D eigenvalue weighted by Crippen LogP contribution is 2.27. The summed E-state index contributed by atoms with van der Waals surface area (Å²) in [5.41, 5.74) is 3.71. The Kier molecular flexibility index (Phi) is 5.15. The summed E-state index contributed by atoms with van der Waals surface area (Å²) >= 11 is 0. The second-order valence-corrected chi connectivity index (χ2v) is 6.51. The van der Waals surface area contributed by atoms with Gasteiger partial charge in [0, 0.05) is 18.8 Å². The van der Waals surface area contributed by atoms with Crippen LogP contribution in [0.15, 0.2) is 18.2 Å². The molecule has 0 radical (unpaired) electrons. The van der Waals surface area contributed by atoms with Crippen molar-refractivity contribution in [2.45, 2.75) is 51.0 Å². The molecule has 3 heteroatoms. The number of aliphatic hydroxyl groups excluding tert-OH is 1. The van der Waals surface area contributed by atoms with Crippen LogP contribution in [0.3, 0.4) is 0 Å². The van der Waals surface area contributed by atoms with Crippen LogP contribution in [0, 0.1) is 0 Å². The summed E-state index contributed by atoms with van der Waals surface area (Å²) in [5.74, 6) is 0. The van der Waals surface area contributed by atoms with E-state index < -0.39 is 0 Å². The Labute approximate surface area is 128 Å². The number of nitrogens with one attached hydrogen (secondary N) is 1. The summed E-state index contributed by atoms with van der Waals surface area (Å²) in [5, 5.41) is 13.9. The Balaban J connectivity index is 1.56. The SMILES string of the molecule is OC(CCN1CCCCCC1)c1ccc2c(c1)CCCN2. The minimum absolute atomic E-state index is 0.319. The smallest absolute Gasteiger partial charge is 0.0802 e. The Morgan fingerprint density at radius 3 is 2.71 bits per heavy atom. The minimum Gasteiger partial charge on any atom is -0.388 e. The molecule has 2 N–H and O–H groups in total. The summed E-state index contributed by atoms with van der Waals surface area (Å²) < 4.78 is 0. The average Bonchev–Trinajstić information content (AvgIpc) is 2.81. The van der Waals surface area contributed by atoms with Gasteiger partial charge < -0.3 is 15.3 Å². The van der Waals surface area contributed by atoms with Gasteiger partial charge in [-0.05, 0) is 62.4 Å². The lowest BCUT2D eigenvalue weighted by Gasteiger charge is -2.23. The predicted molar refractivity (Wildman–Crippen MR) is 87.7 cm³/mol. The monoisotopic (exact) mass is 288 g/mol. The molecule has 1 saturated heterocycles. The third-order valence-corrected chi connectivity index (χ3v) is 4.87. The first-order valence-corrected chi connectivity index (χ1v) is 8.60. The zero-order valence-corrected chi connectivity index (χ0v) is 13.0. The molecule has 1 fully saturated rings. The summed E-state index contributed by atoms with van der Waals surface area (Å²) in [6.07, 6.45) is 8.25. The summed E-state index contributed by atoms with van der Waals surface area (Å²) in [6.45, 7) is 4.52. The number of likely N-dealkylation sites (tertiary alicyclic amines) is 1. The Morgan fingerprint density at radius 2 is 1.90 bits per heavy atom. The van der Waals surface area contributed by atoms with Crippen molar-refractivity contribution in [3.63, 3.8) is 0 Å². The molecule has 1 aromatic carbocycles. The molecule has 0 aromatic heterocycles. The Morgan fingerprint density at radius 1 is 1.10 bits per heavy atom. The lowest BCUT2D eigenvalue weighted by molar-refractivity contribution is 0.143. The maximum atomic E-state index is 10.5. The highest BCUT2D eigenvalue weighted by atomic mass is 16.3. The molecule has 0 bridgehead atoms. The number of fused-ring (bicyclic) bond motifs is 1. The second-order valence-electron chi connectivity index (χ2n) is 6.51. The molecule has 0 spiro atoms. The van der Waals surface area contributed by atoms with Gasteiger partial charge in [0.1, 0.15) is 0 Å². The van der Waals surface area contributed by atoms with E-state index in [1.165, 1.54) is 56.4 Å². The molecular formula is C18H28N2O. The molecule has 1 unspecified atom stereocenters. The van der Waals surface area contributed by atoms with E-state index in [0.717, 1.165) is 31.5 Å². The lowest BCUT2D eigenvalue weighted by Crippen LogP contribution is -2.26. The summed E-state index contributed by atoms with van der Waals surface area (Å²) in [7, 11) is 0. The van der Waals surface area contributed by atoms with Crippen LogP contribution in [-0.2, 0) is 6.42 Å². The topological polar surface area (TPSA) is 35.5 Å². The van der Waals surface area contributed by atoms with E-state index in [1.807, 2.05) is 0 Å². The van der Waals surface area contributed by atoms with Crippen molar-refractivity contribution >= 4 is 5.69 Å². The Bertz CT molecular complexity index is 453. The normalized spacial score (nSPS) is 21.2. The zero-order valence-electron chi connectivity index (χ0n) is 13.0. The van der Waals surface area contributed by atoms with Crippen LogP contribution in [-0.4, -0.2) is 36.2 Å². The molecule has 0 amide bonds. The summed E-state index contributed by atoms with van der Waals surface area (Å²) in [6, 6.07) is 6.43. The van der Waals surface area contributed by atoms with Crippen LogP contribution in [0.25, 0.3) is 0 Å². The molecule has 21 heavy (non-hydrogen) atoms. The maximum absolute atomic E-state index is 10.5. The molecule has 116 valence electrons.